The lowest BCUT2D eigenvalue weighted by molar-refractivity contribution is -0.0689. The molecule has 1 aliphatic heterocycles. The van der Waals surface area contributed by atoms with Crippen LogP contribution in [0.3, 0.4) is 0 Å². The van der Waals surface area contributed by atoms with Gasteiger partial charge in [0.05, 0.1) is 10.5 Å². The minimum absolute atomic E-state index is 0.0463. The van der Waals surface area contributed by atoms with E-state index in [2.05, 4.69) is 0 Å². The van der Waals surface area contributed by atoms with Crippen LogP contribution < -0.4 is 0 Å². The Morgan fingerprint density at radius 2 is 2.00 bits per heavy atom. The van der Waals surface area contributed by atoms with Crippen molar-refractivity contribution >= 4 is 21.6 Å². The normalized spacial score (nSPS) is 18.9. The molecule has 1 fully saturated rings. The van der Waals surface area contributed by atoms with Crippen molar-refractivity contribution in [1.29, 1.82) is 0 Å². The lowest BCUT2D eigenvalue weighted by Gasteiger charge is -2.35. The van der Waals surface area contributed by atoms with Crippen LogP contribution in [0.15, 0.2) is 23.1 Å². The highest BCUT2D eigenvalue weighted by atomic mass is 35.5. The Balaban J connectivity index is 2.24. The Kier molecular flexibility index (Phi) is 4.95. The third-order valence-corrected chi connectivity index (χ3v) is 6.20. The second kappa shape index (κ2) is 6.22. The summed E-state index contributed by atoms with van der Waals surface area (Å²) in [5, 5.41) is 10.9. The topological polar surface area (TPSA) is 66.8 Å². The summed E-state index contributed by atoms with van der Waals surface area (Å²) in [4.78, 5) is 0.174. The fraction of sp³-hybridized carbons (Fsp3) is 0.571. The summed E-state index contributed by atoms with van der Waals surface area (Å²) in [5.41, 5.74) is -0.517. The molecule has 0 bridgehead atoms. The van der Waals surface area contributed by atoms with Crippen LogP contribution in [-0.2, 0) is 14.8 Å². The Bertz CT molecular complexity index is 611. The van der Waals surface area contributed by atoms with Gasteiger partial charge in [0.1, 0.15) is 0 Å². The maximum Gasteiger partial charge on any atom is 0.243 e. The van der Waals surface area contributed by atoms with E-state index in [9.17, 15) is 13.5 Å². The molecule has 7 heteroatoms. The first-order chi connectivity index (χ1) is 9.76. The lowest BCUT2D eigenvalue weighted by Crippen LogP contribution is -2.47. The Hall–Kier alpha value is -0.660. The quantitative estimate of drug-likeness (QED) is 0.912. The second-order valence-electron chi connectivity index (χ2n) is 5.46. The van der Waals surface area contributed by atoms with Gasteiger partial charge in [-0.05, 0) is 24.6 Å². The highest BCUT2D eigenvalue weighted by Crippen LogP contribution is 2.28. The SMILES string of the molecule is Cc1c(Cl)cccc1S(=O)(=O)N(C)CC1(O)CCOCC1. The number of halogens is 1. The molecule has 1 aromatic carbocycles. The predicted molar refractivity (Wildman–Crippen MR) is 81.0 cm³/mol. The van der Waals surface area contributed by atoms with Crippen molar-refractivity contribution < 1.29 is 18.3 Å². The number of likely N-dealkylation sites (N-methyl/N-ethyl adjacent to an activating group) is 1. The molecule has 0 aromatic heterocycles. The van der Waals surface area contributed by atoms with E-state index in [1.165, 1.54) is 17.4 Å². The van der Waals surface area contributed by atoms with Gasteiger partial charge in [-0.25, -0.2) is 8.42 Å². The fourth-order valence-electron chi connectivity index (χ4n) is 2.44. The number of hydrogen-bond donors (Lipinski definition) is 1. The summed E-state index contributed by atoms with van der Waals surface area (Å²) in [6.07, 6.45) is 0.864. The van der Waals surface area contributed by atoms with Crippen molar-refractivity contribution in [2.24, 2.45) is 0 Å². The zero-order valence-corrected chi connectivity index (χ0v) is 13.7. The molecule has 0 saturated carbocycles. The van der Waals surface area contributed by atoms with Crippen molar-refractivity contribution in [2.75, 3.05) is 26.8 Å². The van der Waals surface area contributed by atoms with Gasteiger partial charge >= 0.3 is 0 Å². The van der Waals surface area contributed by atoms with Gasteiger partial charge in [-0.1, -0.05) is 17.7 Å². The number of ether oxygens (including phenoxy) is 1. The van der Waals surface area contributed by atoms with Crippen LogP contribution in [0.25, 0.3) is 0 Å². The summed E-state index contributed by atoms with van der Waals surface area (Å²) in [6.45, 7) is 2.61. The molecule has 1 heterocycles. The molecule has 118 valence electrons. The molecule has 0 unspecified atom stereocenters. The third kappa shape index (κ3) is 3.57. The molecule has 2 rings (SSSR count). The van der Waals surface area contributed by atoms with Crippen LogP contribution in [0, 0.1) is 6.92 Å². The van der Waals surface area contributed by atoms with Gasteiger partial charge in [-0.15, -0.1) is 0 Å². The van der Waals surface area contributed by atoms with E-state index in [4.69, 9.17) is 16.3 Å². The van der Waals surface area contributed by atoms with Crippen molar-refractivity contribution in [3.05, 3.63) is 28.8 Å². The first-order valence-electron chi connectivity index (χ1n) is 6.78. The average molecular weight is 334 g/mol. The van der Waals surface area contributed by atoms with Gasteiger partial charge < -0.3 is 9.84 Å². The van der Waals surface area contributed by atoms with Crippen molar-refractivity contribution in [1.82, 2.24) is 4.31 Å². The number of nitrogens with zero attached hydrogens (tertiary/aromatic N) is 1. The number of rotatable bonds is 4. The van der Waals surface area contributed by atoms with Crippen molar-refractivity contribution in [3.63, 3.8) is 0 Å². The molecule has 0 aliphatic carbocycles. The van der Waals surface area contributed by atoms with Crippen molar-refractivity contribution in [2.45, 2.75) is 30.3 Å². The Morgan fingerprint density at radius 3 is 2.62 bits per heavy atom. The van der Waals surface area contributed by atoms with E-state index in [0.29, 0.717) is 36.6 Å². The molecule has 1 aliphatic rings. The summed E-state index contributed by atoms with van der Waals surface area (Å²) in [5.74, 6) is 0. The van der Waals surface area contributed by atoms with Gasteiger partial charge in [-0.3, -0.25) is 0 Å². The molecule has 0 spiro atoms. The van der Waals surface area contributed by atoms with Crippen molar-refractivity contribution in [3.8, 4) is 0 Å². The highest BCUT2D eigenvalue weighted by Gasteiger charge is 2.35. The van der Waals surface area contributed by atoms with E-state index in [1.54, 1.807) is 19.1 Å². The van der Waals surface area contributed by atoms with E-state index in [0.717, 1.165) is 0 Å². The minimum atomic E-state index is -3.68. The van der Waals surface area contributed by atoms with Gasteiger partial charge in [0.15, 0.2) is 0 Å². The van der Waals surface area contributed by atoms with Crippen LogP contribution >= 0.6 is 11.6 Å². The fourth-order valence-corrected chi connectivity index (χ4v) is 4.17. The molecular formula is C14H20ClNO4S. The molecular weight excluding hydrogens is 314 g/mol. The first kappa shape index (κ1) is 16.7. The van der Waals surface area contributed by atoms with E-state index < -0.39 is 15.6 Å². The zero-order valence-electron chi connectivity index (χ0n) is 12.2. The molecule has 5 nitrogen and oxygen atoms in total. The van der Waals surface area contributed by atoms with E-state index >= 15 is 0 Å². The largest absolute Gasteiger partial charge is 0.388 e. The maximum absolute atomic E-state index is 12.6. The number of hydrogen-bond acceptors (Lipinski definition) is 4. The first-order valence-corrected chi connectivity index (χ1v) is 8.60. The van der Waals surface area contributed by atoms with Crippen LogP contribution in [0.2, 0.25) is 5.02 Å². The molecule has 21 heavy (non-hydrogen) atoms. The summed E-state index contributed by atoms with van der Waals surface area (Å²) < 4.78 is 31.7. The summed E-state index contributed by atoms with van der Waals surface area (Å²) in [6, 6.07) is 4.79. The Labute approximate surface area is 130 Å². The number of sulfonamides is 1. The smallest absolute Gasteiger partial charge is 0.243 e. The van der Waals surface area contributed by atoms with E-state index in [1.807, 2.05) is 0 Å². The van der Waals surface area contributed by atoms with Gasteiger partial charge in [-0.2, -0.15) is 4.31 Å². The van der Waals surface area contributed by atoms with Gasteiger partial charge in [0.2, 0.25) is 10.0 Å². The molecule has 0 amide bonds. The standard InChI is InChI=1S/C14H20ClNO4S/c1-11-12(15)4-3-5-13(11)21(18,19)16(2)10-14(17)6-8-20-9-7-14/h3-5,17H,6-10H2,1-2H3. The minimum Gasteiger partial charge on any atom is -0.388 e. The number of benzene rings is 1. The molecule has 1 aromatic rings. The Morgan fingerprint density at radius 1 is 1.38 bits per heavy atom. The highest BCUT2D eigenvalue weighted by molar-refractivity contribution is 7.89. The summed E-state index contributed by atoms with van der Waals surface area (Å²) in [7, 11) is -2.21. The average Bonchev–Trinajstić information content (AvgIpc) is 2.42. The van der Waals surface area contributed by atoms with Gasteiger partial charge in [0, 0.05) is 44.7 Å². The molecule has 1 saturated heterocycles. The molecule has 0 atom stereocenters. The maximum atomic E-state index is 12.6. The van der Waals surface area contributed by atoms with Crippen LogP contribution in [0.1, 0.15) is 18.4 Å². The van der Waals surface area contributed by atoms with Gasteiger partial charge in [0.25, 0.3) is 0 Å². The predicted octanol–water partition coefficient (Wildman–Crippen LogP) is 1.81. The molecule has 1 N–H and O–H groups in total. The summed E-state index contributed by atoms with van der Waals surface area (Å²) >= 11 is 5.99. The van der Waals surface area contributed by atoms with Crippen LogP contribution in [-0.4, -0.2) is 50.2 Å². The zero-order chi connectivity index (χ0) is 15.7. The van der Waals surface area contributed by atoms with Crippen LogP contribution in [0.4, 0.5) is 0 Å². The third-order valence-electron chi connectivity index (χ3n) is 3.85. The second-order valence-corrected chi connectivity index (χ2v) is 7.88. The van der Waals surface area contributed by atoms with E-state index in [-0.39, 0.29) is 11.4 Å². The molecule has 0 radical (unpaired) electrons. The number of aliphatic hydroxyl groups is 1. The van der Waals surface area contributed by atoms with Crippen LogP contribution in [0.5, 0.6) is 0 Å². The monoisotopic (exact) mass is 333 g/mol. The lowest BCUT2D eigenvalue weighted by atomic mass is 9.95.